The molecule has 1 amide bonds. The summed E-state index contributed by atoms with van der Waals surface area (Å²) in [6, 6.07) is 18.1. The zero-order valence-corrected chi connectivity index (χ0v) is 25.0. The second-order valence-corrected chi connectivity index (χ2v) is 13.4. The Kier molecular flexibility index (Phi) is 7.97. The molecule has 2 saturated carbocycles. The predicted molar refractivity (Wildman–Crippen MR) is 161 cm³/mol. The van der Waals surface area contributed by atoms with Gasteiger partial charge in [0.2, 0.25) is 0 Å². The molecule has 2 aliphatic carbocycles. The quantitative estimate of drug-likeness (QED) is 0.265. The van der Waals surface area contributed by atoms with E-state index in [9.17, 15) is 14.7 Å². The number of aliphatic carboxylic acids is 1. The van der Waals surface area contributed by atoms with E-state index in [1.807, 2.05) is 30.3 Å². The molecule has 8 heteroatoms. The molecule has 3 aliphatic rings. The summed E-state index contributed by atoms with van der Waals surface area (Å²) in [7, 11) is 0. The van der Waals surface area contributed by atoms with E-state index < -0.39 is 23.7 Å². The van der Waals surface area contributed by atoms with Crippen molar-refractivity contribution in [2.24, 2.45) is 11.3 Å². The van der Waals surface area contributed by atoms with E-state index in [0.717, 1.165) is 36.8 Å². The summed E-state index contributed by atoms with van der Waals surface area (Å²) in [5.74, 6) is -1.09. The lowest BCUT2D eigenvalue weighted by molar-refractivity contribution is -0.141. The third kappa shape index (κ3) is 5.89. The van der Waals surface area contributed by atoms with Crippen molar-refractivity contribution in [3.63, 3.8) is 0 Å². The van der Waals surface area contributed by atoms with Crippen molar-refractivity contribution >= 4 is 35.1 Å². The van der Waals surface area contributed by atoms with E-state index in [4.69, 9.17) is 27.9 Å². The first-order chi connectivity index (χ1) is 20.1. The Hall–Kier alpha value is -3.09. The number of amides is 1. The molecule has 0 bridgehead atoms. The van der Waals surface area contributed by atoms with Gasteiger partial charge in [0.15, 0.2) is 0 Å². The number of hydrogen-bond acceptors (Lipinski definition) is 3. The fraction of sp³-hybridized carbons (Fsp3) is 0.412. The number of rotatable bonds is 9. The van der Waals surface area contributed by atoms with Crippen LogP contribution in [0.25, 0.3) is 0 Å². The molecule has 3 aromatic rings. The van der Waals surface area contributed by atoms with Crippen molar-refractivity contribution in [2.45, 2.75) is 63.3 Å². The number of nitrogens with zero attached hydrogens (tertiary/aromatic N) is 1. The largest absolute Gasteiger partial charge is 0.493 e. The molecule has 220 valence electrons. The summed E-state index contributed by atoms with van der Waals surface area (Å²) < 4.78 is 21.7. The highest BCUT2D eigenvalue weighted by atomic mass is 35.5. The van der Waals surface area contributed by atoms with Gasteiger partial charge in [-0.15, -0.1) is 0 Å². The average Bonchev–Trinajstić information content (AvgIpc) is 3.65. The predicted octanol–water partition coefficient (Wildman–Crippen LogP) is 8.33. The number of halogens is 3. The van der Waals surface area contributed by atoms with Crippen LogP contribution in [0.5, 0.6) is 5.75 Å². The summed E-state index contributed by atoms with van der Waals surface area (Å²) in [6.45, 7) is 2.94. The van der Waals surface area contributed by atoms with Crippen LogP contribution < -0.4 is 4.74 Å². The van der Waals surface area contributed by atoms with Crippen molar-refractivity contribution in [3.8, 4) is 5.75 Å². The van der Waals surface area contributed by atoms with Crippen LogP contribution in [0.1, 0.15) is 84.3 Å². The molecule has 1 aliphatic heterocycles. The van der Waals surface area contributed by atoms with Gasteiger partial charge >= 0.3 is 5.97 Å². The van der Waals surface area contributed by atoms with Gasteiger partial charge in [-0.05, 0) is 91.3 Å². The molecule has 0 spiro atoms. The van der Waals surface area contributed by atoms with Gasteiger partial charge in [0.1, 0.15) is 17.6 Å². The molecule has 3 fully saturated rings. The third-order valence-corrected chi connectivity index (χ3v) is 9.54. The Morgan fingerprint density at radius 3 is 2.36 bits per heavy atom. The summed E-state index contributed by atoms with van der Waals surface area (Å²) in [5.41, 5.74) is 2.97. The number of likely N-dealkylation sites (tertiary alicyclic amines) is 1. The Balaban J connectivity index is 1.18. The molecule has 5 nitrogen and oxygen atoms in total. The minimum Gasteiger partial charge on any atom is -0.493 e. The standard InChI is InChI=1S/C34H34Cl2FNO4/c1-34(17-23(18-34)31(21-6-3-2-4-7-21)22-12-24(35)14-25(36)13-22)19-42-30-16-28(37)27(15-26(30)20-9-10-20)32(39)38-11-5-8-29(38)33(40)41/h2-4,6-7,12-16,20,23,29,31H,5,8-11,17-19H2,1H3,(H,40,41)/t23?,29-,31?,34?/m0/s1. The van der Waals surface area contributed by atoms with E-state index >= 15 is 4.39 Å². The lowest BCUT2D eigenvalue weighted by Gasteiger charge is -2.48. The van der Waals surface area contributed by atoms with E-state index in [-0.39, 0.29) is 22.8 Å². The Morgan fingerprint density at radius 2 is 1.71 bits per heavy atom. The van der Waals surface area contributed by atoms with E-state index in [0.29, 0.717) is 47.7 Å². The average molecular weight is 611 g/mol. The number of benzene rings is 3. The molecule has 0 aromatic heterocycles. The van der Waals surface area contributed by atoms with E-state index in [2.05, 4.69) is 19.1 Å². The molecule has 1 saturated heterocycles. The van der Waals surface area contributed by atoms with E-state index in [1.165, 1.54) is 16.5 Å². The Bertz CT molecular complexity index is 1480. The van der Waals surface area contributed by atoms with Crippen LogP contribution in [0.4, 0.5) is 4.39 Å². The van der Waals surface area contributed by atoms with Gasteiger partial charge in [-0.2, -0.15) is 0 Å². The number of carbonyl (C=O) groups is 2. The summed E-state index contributed by atoms with van der Waals surface area (Å²) in [5, 5.41) is 10.7. The van der Waals surface area contributed by atoms with Crippen molar-refractivity contribution < 1.29 is 23.8 Å². The number of hydrogen-bond donors (Lipinski definition) is 1. The monoisotopic (exact) mass is 609 g/mol. The zero-order chi connectivity index (χ0) is 29.6. The fourth-order valence-corrected chi connectivity index (χ4v) is 7.50. The highest BCUT2D eigenvalue weighted by Crippen LogP contribution is 2.54. The summed E-state index contributed by atoms with van der Waals surface area (Å²) in [6.07, 6.45) is 4.72. The van der Waals surface area contributed by atoms with Crippen LogP contribution in [-0.2, 0) is 4.79 Å². The number of ether oxygens (including phenoxy) is 1. The Labute approximate surface area is 255 Å². The van der Waals surface area contributed by atoms with Crippen molar-refractivity contribution in [1.82, 2.24) is 4.90 Å². The maximum atomic E-state index is 15.4. The Morgan fingerprint density at radius 1 is 1.02 bits per heavy atom. The molecule has 42 heavy (non-hydrogen) atoms. The first kappa shape index (κ1) is 29.0. The van der Waals surface area contributed by atoms with Gasteiger partial charge in [-0.25, -0.2) is 9.18 Å². The molecule has 1 N–H and O–H groups in total. The highest BCUT2D eigenvalue weighted by molar-refractivity contribution is 6.34. The third-order valence-electron chi connectivity index (χ3n) is 9.11. The van der Waals surface area contributed by atoms with Gasteiger partial charge in [-0.3, -0.25) is 4.79 Å². The molecule has 2 atom stereocenters. The van der Waals surface area contributed by atoms with Crippen LogP contribution in [-0.4, -0.2) is 41.1 Å². The van der Waals surface area contributed by atoms with Crippen LogP contribution >= 0.6 is 23.2 Å². The van der Waals surface area contributed by atoms with Crippen molar-refractivity contribution in [3.05, 3.63) is 98.8 Å². The maximum Gasteiger partial charge on any atom is 0.326 e. The number of carboxylic acid groups (broad SMARTS) is 1. The van der Waals surface area contributed by atoms with Gasteiger partial charge in [0.25, 0.3) is 5.91 Å². The second-order valence-electron chi connectivity index (χ2n) is 12.5. The minimum absolute atomic E-state index is 0.0711. The van der Waals surface area contributed by atoms with Crippen LogP contribution in [0.3, 0.4) is 0 Å². The smallest absolute Gasteiger partial charge is 0.326 e. The van der Waals surface area contributed by atoms with E-state index in [1.54, 1.807) is 12.1 Å². The number of carboxylic acids is 1. The zero-order valence-electron chi connectivity index (χ0n) is 23.5. The van der Waals surface area contributed by atoms with Gasteiger partial charge in [-0.1, -0.05) is 60.5 Å². The minimum atomic E-state index is -1.05. The van der Waals surface area contributed by atoms with Gasteiger partial charge in [0, 0.05) is 34.0 Å². The maximum absolute atomic E-state index is 15.4. The van der Waals surface area contributed by atoms with Crippen LogP contribution in [0.2, 0.25) is 10.0 Å². The van der Waals surface area contributed by atoms with Gasteiger partial charge in [0.05, 0.1) is 12.2 Å². The van der Waals surface area contributed by atoms with Crippen molar-refractivity contribution in [2.75, 3.05) is 13.2 Å². The molecule has 1 heterocycles. The lowest BCUT2D eigenvalue weighted by Crippen LogP contribution is -2.42. The summed E-state index contributed by atoms with van der Waals surface area (Å²) >= 11 is 12.8. The topological polar surface area (TPSA) is 66.8 Å². The molecule has 3 aromatic carbocycles. The highest BCUT2D eigenvalue weighted by Gasteiger charge is 2.46. The van der Waals surface area contributed by atoms with Crippen LogP contribution in [0.15, 0.2) is 60.7 Å². The first-order valence-electron chi connectivity index (χ1n) is 14.6. The number of carbonyl (C=O) groups excluding carboxylic acids is 1. The SMILES string of the molecule is CC1(COc2cc(F)c(C(=O)N3CCC[C@H]3C(=O)O)cc2C2CC2)CC(C(c2ccccc2)c2cc(Cl)cc(Cl)c2)C1. The first-order valence-corrected chi connectivity index (χ1v) is 15.4. The van der Waals surface area contributed by atoms with Gasteiger partial charge < -0.3 is 14.7 Å². The summed E-state index contributed by atoms with van der Waals surface area (Å²) in [4.78, 5) is 26.1. The van der Waals surface area contributed by atoms with Crippen molar-refractivity contribution in [1.29, 1.82) is 0 Å². The molecule has 1 unspecified atom stereocenters. The second kappa shape index (κ2) is 11.5. The molecular formula is C34H34Cl2FNO4. The molecule has 6 rings (SSSR count). The molecular weight excluding hydrogens is 576 g/mol. The fourth-order valence-electron chi connectivity index (χ4n) is 6.96. The lowest BCUT2D eigenvalue weighted by atomic mass is 9.57. The molecule has 0 radical (unpaired) electrons. The van der Waals surface area contributed by atoms with Crippen LogP contribution in [0, 0.1) is 17.2 Å². The normalized spacial score (nSPS) is 24.2.